The van der Waals surface area contributed by atoms with E-state index in [9.17, 15) is 4.39 Å². The number of halogens is 3. The Balaban J connectivity index is 3.14. The van der Waals surface area contributed by atoms with Gasteiger partial charge in [0.2, 0.25) is 0 Å². The summed E-state index contributed by atoms with van der Waals surface area (Å²) in [7, 11) is 0. The Morgan fingerprint density at radius 3 is 1.80 bits per heavy atom. The lowest BCUT2D eigenvalue weighted by molar-refractivity contribution is 0.685. The minimum absolute atomic E-state index is 0.213. The first-order valence-corrected chi connectivity index (χ1v) is 2.40. The van der Waals surface area contributed by atoms with Crippen molar-refractivity contribution in [2.45, 2.75) is 0 Å². The zero-order valence-electron chi connectivity index (χ0n) is 2.13. The van der Waals surface area contributed by atoms with E-state index in [1.165, 1.54) is 6.33 Å². The van der Waals surface area contributed by atoms with Gasteiger partial charge in [0.15, 0.2) is 6.33 Å². The fourth-order valence-corrected chi connectivity index (χ4v) is 0. The summed E-state index contributed by atoms with van der Waals surface area (Å²) in [6.45, 7) is 0. The second-order valence-corrected chi connectivity index (χ2v) is 3.01. The minimum atomic E-state index is 0.213. The van der Waals surface area contributed by atoms with Crippen LogP contribution in [-0.4, -0.2) is 0 Å². The molecule has 0 amide bonds. The summed E-state index contributed by atoms with van der Waals surface area (Å²) in [5.74, 6) is 0. The first-order valence-electron chi connectivity index (χ1n) is 0.817. The van der Waals surface area contributed by atoms with Crippen molar-refractivity contribution in [3.8, 4) is 0 Å². The first kappa shape index (κ1) is 5.63. The molecule has 1 radical (unpaired) electrons. The van der Waals surface area contributed by atoms with Crippen LogP contribution in [0.25, 0.3) is 0 Å². The van der Waals surface area contributed by atoms with Crippen LogP contribution < -0.4 is 0 Å². The molecule has 0 aliphatic rings. The third-order valence-corrected chi connectivity index (χ3v) is 0.371. The average molecular weight is 203 g/mol. The molecule has 0 aromatic rings. The van der Waals surface area contributed by atoms with Crippen molar-refractivity contribution in [3.63, 3.8) is 0 Å². The Morgan fingerprint density at radius 1 is 1.60 bits per heavy atom. The molecular formula is C2Br2F. The summed E-state index contributed by atoms with van der Waals surface area (Å²) in [5.41, 5.74) is 0. The van der Waals surface area contributed by atoms with Gasteiger partial charge in [-0.05, 0) is 31.9 Å². The molecule has 0 N–H and O–H groups in total. The molecule has 0 saturated carbocycles. The van der Waals surface area contributed by atoms with Gasteiger partial charge in [-0.25, -0.2) is 4.39 Å². The van der Waals surface area contributed by atoms with Crippen molar-refractivity contribution in [2.24, 2.45) is 0 Å². The zero-order chi connectivity index (χ0) is 4.28. The van der Waals surface area contributed by atoms with Crippen LogP contribution in [0, 0.1) is 6.33 Å². The highest BCUT2D eigenvalue weighted by atomic mass is 79.9. The van der Waals surface area contributed by atoms with Crippen molar-refractivity contribution >= 4 is 31.9 Å². The highest BCUT2D eigenvalue weighted by Gasteiger charge is 1.72. The maximum absolute atomic E-state index is 10.7. The Bertz CT molecular complexity index is 45.6. The Hall–Kier alpha value is 0.630. The van der Waals surface area contributed by atoms with Crippen LogP contribution in [0.3, 0.4) is 0 Å². The molecular weight excluding hydrogens is 203 g/mol. The van der Waals surface area contributed by atoms with E-state index >= 15 is 0 Å². The van der Waals surface area contributed by atoms with Gasteiger partial charge in [-0.3, -0.25) is 0 Å². The van der Waals surface area contributed by atoms with Gasteiger partial charge >= 0.3 is 0 Å². The molecule has 0 heterocycles. The van der Waals surface area contributed by atoms with E-state index in [0.717, 1.165) is 0 Å². The van der Waals surface area contributed by atoms with Gasteiger partial charge in [0.1, 0.15) is 0 Å². The van der Waals surface area contributed by atoms with E-state index in [1.54, 1.807) is 0 Å². The van der Waals surface area contributed by atoms with E-state index in [4.69, 9.17) is 0 Å². The van der Waals surface area contributed by atoms with Crippen LogP contribution in [0.15, 0.2) is 3.39 Å². The van der Waals surface area contributed by atoms with Crippen molar-refractivity contribution in [2.75, 3.05) is 0 Å². The van der Waals surface area contributed by atoms with Crippen molar-refractivity contribution in [1.29, 1.82) is 0 Å². The molecule has 3 heteroatoms. The smallest absolute Gasteiger partial charge is 0.181 e. The highest BCUT2D eigenvalue weighted by molar-refractivity contribution is 9.28. The van der Waals surface area contributed by atoms with Gasteiger partial charge in [0.25, 0.3) is 0 Å². The SMILES string of the molecule is F[C]=C(Br)Br. The molecule has 0 bridgehead atoms. The van der Waals surface area contributed by atoms with Crippen LogP contribution in [0.1, 0.15) is 0 Å². The van der Waals surface area contributed by atoms with E-state index < -0.39 is 0 Å². The van der Waals surface area contributed by atoms with E-state index in [0.29, 0.717) is 0 Å². The van der Waals surface area contributed by atoms with Crippen LogP contribution >= 0.6 is 31.9 Å². The molecule has 0 fully saturated rings. The standard InChI is InChI=1S/C2Br2F/c3-2(4)1-5. The van der Waals surface area contributed by atoms with E-state index in [1.807, 2.05) is 0 Å². The number of hydrogen-bond donors (Lipinski definition) is 0. The molecule has 0 unspecified atom stereocenters. The van der Waals surface area contributed by atoms with Gasteiger partial charge in [0, 0.05) is 0 Å². The summed E-state index contributed by atoms with van der Waals surface area (Å²) >= 11 is 5.44. The van der Waals surface area contributed by atoms with Gasteiger partial charge in [-0.1, -0.05) is 0 Å². The Labute approximate surface area is 46.3 Å². The molecule has 29 valence electrons. The lowest BCUT2D eigenvalue weighted by Gasteiger charge is -1.62. The lowest BCUT2D eigenvalue weighted by atomic mass is 11.2. The lowest BCUT2D eigenvalue weighted by Crippen LogP contribution is -1.34. The second-order valence-electron chi connectivity index (χ2n) is 0.355. The molecule has 0 spiro atoms. The monoisotopic (exact) mass is 201 g/mol. The van der Waals surface area contributed by atoms with Crippen molar-refractivity contribution in [3.05, 3.63) is 9.72 Å². The largest absolute Gasteiger partial charge is 0.202 e. The summed E-state index contributed by atoms with van der Waals surface area (Å²) in [6.07, 6.45) is 1.28. The molecule has 0 rings (SSSR count). The predicted octanol–water partition coefficient (Wildman–Crippen LogP) is 2.35. The molecule has 0 aliphatic carbocycles. The van der Waals surface area contributed by atoms with Gasteiger partial charge in [-0.2, -0.15) is 0 Å². The second kappa shape index (κ2) is 2.85. The average Bonchev–Trinajstić information content (AvgIpc) is 1.38. The minimum Gasteiger partial charge on any atom is -0.202 e. The first-order chi connectivity index (χ1) is 2.27. The Morgan fingerprint density at radius 2 is 1.80 bits per heavy atom. The third kappa shape index (κ3) is 4.63. The fraction of sp³-hybridized carbons (Fsp3) is 0. The van der Waals surface area contributed by atoms with Gasteiger partial charge in [0.05, 0.1) is 3.39 Å². The molecule has 0 atom stereocenters. The quantitative estimate of drug-likeness (QED) is 0.566. The van der Waals surface area contributed by atoms with Gasteiger partial charge in [-0.15, -0.1) is 0 Å². The van der Waals surface area contributed by atoms with Crippen molar-refractivity contribution < 1.29 is 4.39 Å². The molecule has 0 aromatic carbocycles. The fourth-order valence-electron chi connectivity index (χ4n) is 0. The van der Waals surface area contributed by atoms with E-state index in [2.05, 4.69) is 31.9 Å². The highest BCUT2D eigenvalue weighted by Crippen LogP contribution is 2.10. The van der Waals surface area contributed by atoms with E-state index in [-0.39, 0.29) is 3.39 Å². The normalized spacial score (nSPS) is 7.00. The van der Waals surface area contributed by atoms with Crippen LogP contribution in [0.2, 0.25) is 0 Å². The summed E-state index contributed by atoms with van der Waals surface area (Å²) < 4.78 is 10.9. The molecule has 0 saturated heterocycles. The van der Waals surface area contributed by atoms with Crippen LogP contribution in [-0.2, 0) is 0 Å². The van der Waals surface area contributed by atoms with Crippen molar-refractivity contribution in [1.82, 2.24) is 0 Å². The molecule has 0 aromatic heterocycles. The van der Waals surface area contributed by atoms with Crippen LogP contribution in [0.5, 0.6) is 0 Å². The molecule has 0 aliphatic heterocycles. The third-order valence-electron chi connectivity index (χ3n) is 0.0714. The molecule has 0 nitrogen and oxygen atoms in total. The maximum Gasteiger partial charge on any atom is 0.181 e. The number of rotatable bonds is 0. The number of hydrogen-bond acceptors (Lipinski definition) is 0. The maximum atomic E-state index is 10.7. The summed E-state index contributed by atoms with van der Waals surface area (Å²) in [6, 6.07) is 0. The zero-order valence-corrected chi connectivity index (χ0v) is 5.31. The predicted molar refractivity (Wildman–Crippen MR) is 25.7 cm³/mol. The topological polar surface area (TPSA) is 0 Å². The van der Waals surface area contributed by atoms with Crippen LogP contribution in [0.4, 0.5) is 4.39 Å². The summed E-state index contributed by atoms with van der Waals surface area (Å²) in [5, 5.41) is 0. The Kier molecular flexibility index (Phi) is 3.20. The molecule has 5 heavy (non-hydrogen) atoms. The van der Waals surface area contributed by atoms with Gasteiger partial charge < -0.3 is 0 Å². The summed E-state index contributed by atoms with van der Waals surface area (Å²) in [4.78, 5) is 0.